The van der Waals surface area contributed by atoms with Crippen molar-refractivity contribution in [1.29, 1.82) is 0 Å². The molecule has 4 aliphatic carbocycles. The number of hydrogen-bond acceptors (Lipinski definition) is 7. The van der Waals surface area contributed by atoms with Crippen LogP contribution in [0.25, 0.3) is 0 Å². The first-order valence-electron chi connectivity index (χ1n) is 11.4. The fourth-order valence-corrected chi connectivity index (χ4v) is 7.00. The van der Waals surface area contributed by atoms with E-state index in [1.165, 1.54) is 44.9 Å². The Balaban J connectivity index is 1.25. The fraction of sp³-hybridized carbons (Fsp3) is 0.773. The molecular weight excluding hydrogens is 382 g/mol. The van der Waals surface area contributed by atoms with Gasteiger partial charge in [-0.2, -0.15) is 0 Å². The average Bonchev–Trinajstić information content (AvgIpc) is 2.75. The molecular formula is C22H33N5O3. The van der Waals surface area contributed by atoms with Crippen LogP contribution >= 0.6 is 0 Å². The summed E-state index contributed by atoms with van der Waals surface area (Å²) < 4.78 is 0. The predicted octanol–water partition coefficient (Wildman–Crippen LogP) is 0.670. The molecule has 1 aliphatic heterocycles. The smallest absolute Gasteiger partial charge is 0.242 e. The Morgan fingerprint density at radius 1 is 1.23 bits per heavy atom. The average molecular weight is 416 g/mol. The van der Waals surface area contributed by atoms with Crippen molar-refractivity contribution in [2.24, 2.45) is 28.9 Å². The van der Waals surface area contributed by atoms with Gasteiger partial charge in [0.2, 0.25) is 5.91 Å². The number of nitrogens with zero attached hydrogens (tertiary/aromatic N) is 3. The number of amides is 1. The van der Waals surface area contributed by atoms with Crippen LogP contribution < -0.4 is 11.1 Å². The van der Waals surface area contributed by atoms with E-state index in [9.17, 15) is 9.90 Å². The molecule has 1 aromatic rings. The van der Waals surface area contributed by atoms with Gasteiger partial charge in [0, 0.05) is 18.7 Å². The zero-order valence-corrected chi connectivity index (χ0v) is 17.5. The second-order valence-electron chi connectivity index (χ2n) is 10.1. The van der Waals surface area contributed by atoms with Crippen LogP contribution in [-0.2, 0) is 17.8 Å². The van der Waals surface area contributed by atoms with Gasteiger partial charge in [0.25, 0.3) is 0 Å². The molecule has 1 unspecified atom stereocenters. The highest BCUT2D eigenvalue weighted by Crippen LogP contribution is 2.61. The van der Waals surface area contributed by atoms with Gasteiger partial charge in [-0.15, -0.1) is 0 Å². The lowest BCUT2D eigenvalue weighted by molar-refractivity contribution is -0.134. The van der Waals surface area contributed by atoms with Crippen molar-refractivity contribution in [3.63, 3.8) is 0 Å². The van der Waals surface area contributed by atoms with Crippen LogP contribution in [0.2, 0.25) is 0 Å². The highest BCUT2D eigenvalue weighted by atomic mass is 16.3. The molecule has 0 radical (unpaired) electrons. The Bertz CT molecular complexity index is 781. The Kier molecular flexibility index (Phi) is 5.19. The number of carbonyl (C=O) groups excluding carboxylic acids is 1. The molecule has 1 aromatic heterocycles. The Morgan fingerprint density at radius 2 is 1.90 bits per heavy atom. The highest BCUT2D eigenvalue weighted by Gasteiger charge is 2.53. The van der Waals surface area contributed by atoms with Crippen LogP contribution in [0.4, 0.5) is 5.82 Å². The van der Waals surface area contributed by atoms with Crippen LogP contribution in [0.1, 0.15) is 49.8 Å². The van der Waals surface area contributed by atoms with Gasteiger partial charge < -0.3 is 26.2 Å². The molecule has 8 nitrogen and oxygen atoms in total. The van der Waals surface area contributed by atoms with E-state index in [-0.39, 0.29) is 24.0 Å². The third-order valence-corrected chi connectivity index (χ3v) is 8.09. The van der Waals surface area contributed by atoms with Crippen LogP contribution in [0, 0.1) is 23.2 Å². The molecule has 0 spiro atoms. The predicted molar refractivity (Wildman–Crippen MR) is 111 cm³/mol. The first kappa shape index (κ1) is 20.2. The number of fused-ring (bicyclic) bond motifs is 1. The summed E-state index contributed by atoms with van der Waals surface area (Å²) in [6.07, 6.45) is 9.41. The summed E-state index contributed by atoms with van der Waals surface area (Å²) in [5.74, 6) is 2.94. The number of aliphatic hydroxyl groups is 2. The van der Waals surface area contributed by atoms with Crippen LogP contribution in [0.5, 0.6) is 0 Å². The molecule has 8 heteroatoms. The van der Waals surface area contributed by atoms with Crippen molar-refractivity contribution in [3.05, 3.63) is 17.6 Å². The zero-order valence-electron chi connectivity index (χ0n) is 17.5. The summed E-state index contributed by atoms with van der Waals surface area (Å²) in [4.78, 5) is 22.7. The molecule has 0 saturated heterocycles. The lowest BCUT2D eigenvalue weighted by Crippen LogP contribution is -2.53. The maximum atomic E-state index is 12.3. The summed E-state index contributed by atoms with van der Waals surface area (Å²) in [7, 11) is 0. The first-order valence-corrected chi connectivity index (χ1v) is 11.4. The second kappa shape index (κ2) is 7.73. The summed E-state index contributed by atoms with van der Waals surface area (Å²) in [6, 6.07) is -0.888. The normalized spacial score (nSPS) is 33.8. The van der Waals surface area contributed by atoms with Crippen molar-refractivity contribution in [2.45, 2.75) is 63.6 Å². The lowest BCUT2D eigenvalue weighted by atomic mass is 9.48. The summed E-state index contributed by atoms with van der Waals surface area (Å²) in [5, 5.41) is 23.7. The van der Waals surface area contributed by atoms with Crippen molar-refractivity contribution >= 4 is 11.7 Å². The number of rotatable bonds is 6. The molecule has 2 atom stereocenters. The number of nitrogens with two attached hydrogens (primary N) is 1. The van der Waals surface area contributed by atoms with E-state index in [4.69, 9.17) is 10.8 Å². The summed E-state index contributed by atoms with van der Waals surface area (Å²) in [5.41, 5.74) is 7.59. The number of aromatic nitrogens is 2. The molecule has 2 heterocycles. The van der Waals surface area contributed by atoms with E-state index in [0.29, 0.717) is 26.1 Å². The minimum Gasteiger partial charge on any atom is -0.394 e. The van der Waals surface area contributed by atoms with Crippen LogP contribution in [-0.4, -0.2) is 62.8 Å². The van der Waals surface area contributed by atoms with Gasteiger partial charge in [0.15, 0.2) is 0 Å². The van der Waals surface area contributed by atoms with Gasteiger partial charge in [0.1, 0.15) is 18.2 Å². The van der Waals surface area contributed by atoms with Crippen molar-refractivity contribution in [2.75, 3.05) is 25.0 Å². The Labute approximate surface area is 177 Å². The maximum Gasteiger partial charge on any atom is 0.242 e. The van der Waals surface area contributed by atoms with Gasteiger partial charge in [-0.25, -0.2) is 9.97 Å². The van der Waals surface area contributed by atoms with Crippen LogP contribution in [0.3, 0.4) is 0 Å². The molecule has 4 bridgehead atoms. The van der Waals surface area contributed by atoms with Gasteiger partial charge in [-0.05, 0) is 68.1 Å². The lowest BCUT2D eigenvalue weighted by Gasteiger charge is -2.58. The monoisotopic (exact) mass is 415 g/mol. The molecule has 5 N–H and O–H groups in total. The van der Waals surface area contributed by atoms with Crippen molar-refractivity contribution in [1.82, 2.24) is 14.9 Å². The number of carbonyl (C=O) groups is 1. The second-order valence-corrected chi connectivity index (χ2v) is 10.1. The Hall–Kier alpha value is -1.77. The van der Waals surface area contributed by atoms with Gasteiger partial charge >= 0.3 is 0 Å². The molecule has 6 rings (SSSR count). The third kappa shape index (κ3) is 3.48. The molecule has 5 aliphatic rings. The number of anilines is 1. The number of nitrogens with one attached hydrogen (secondary N) is 1. The number of aliphatic hydroxyl groups excluding tert-OH is 2. The third-order valence-electron chi connectivity index (χ3n) is 8.09. The maximum absolute atomic E-state index is 12.3. The van der Waals surface area contributed by atoms with Gasteiger partial charge in [-0.1, -0.05) is 0 Å². The zero-order chi connectivity index (χ0) is 20.9. The quantitative estimate of drug-likeness (QED) is 0.538. The minimum absolute atomic E-state index is 0.0818. The van der Waals surface area contributed by atoms with E-state index in [2.05, 4.69) is 15.3 Å². The van der Waals surface area contributed by atoms with Gasteiger partial charge in [-0.3, -0.25) is 4.79 Å². The van der Waals surface area contributed by atoms with Crippen molar-refractivity contribution in [3.8, 4) is 0 Å². The molecule has 4 saturated carbocycles. The van der Waals surface area contributed by atoms with Crippen LogP contribution in [0.15, 0.2) is 6.33 Å². The summed E-state index contributed by atoms with van der Waals surface area (Å²) in [6.45, 7) is 1.05. The number of hydrogen-bond donors (Lipinski definition) is 4. The molecule has 1 amide bonds. The van der Waals surface area contributed by atoms with E-state index in [1.807, 2.05) is 0 Å². The van der Waals surface area contributed by atoms with Gasteiger partial charge in [0.05, 0.1) is 24.9 Å². The standard InChI is InChI=1S/C22H33N5O3/c23-17(11-28)21(30)27-2-1-16-18(10-27)25-12-26-20(16)24-9-19(29)22-6-13-3-14(7-22)5-15(4-13)8-22/h12-15,17,19,28-29H,1-11,23H2,(H,24,25,26)/t13?,14?,15?,17-,19?,22?/m0/s1. The van der Waals surface area contributed by atoms with E-state index in [1.54, 1.807) is 4.90 Å². The molecule has 164 valence electrons. The van der Waals surface area contributed by atoms with E-state index >= 15 is 0 Å². The largest absolute Gasteiger partial charge is 0.394 e. The van der Waals surface area contributed by atoms with E-state index in [0.717, 1.165) is 34.8 Å². The molecule has 4 fully saturated rings. The highest BCUT2D eigenvalue weighted by molar-refractivity contribution is 5.82. The van der Waals surface area contributed by atoms with E-state index < -0.39 is 6.04 Å². The summed E-state index contributed by atoms with van der Waals surface area (Å²) >= 11 is 0. The molecule has 30 heavy (non-hydrogen) atoms. The van der Waals surface area contributed by atoms with Crippen molar-refractivity contribution < 1.29 is 15.0 Å². The SMILES string of the molecule is N[C@@H](CO)C(=O)N1CCc2c(ncnc2NCC(O)C23CC4CC(CC(C4)C2)C3)C1. The fourth-order valence-electron chi connectivity index (χ4n) is 7.00. The molecule has 0 aromatic carbocycles. The Morgan fingerprint density at radius 3 is 2.53 bits per heavy atom. The topological polar surface area (TPSA) is 125 Å². The minimum atomic E-state index is -0.888. The first-order chi connectivity index (χ1) is 14.5.